The van der Waals surface area contributed by atoms with E-state index in [2.05, 4.69) is 0 Å². The molecule has 32 heavy (non-hydrogen) atoms. The highest BCUT2D eigenvalue weighted by molar-refractivity contribution is 7.92. The van der Waals surface area contributed by atoms with Gasteiger partial charge in [0.25, 0.3) is 15.9 Å². The van der Waals surface area contributed by atoms with E-state index in [4.69, 9.17) is 4.74 Å². The van der Waals surface area contributed by atoms with Gasteiger partial charge in [-0.1, -0.05) is 25.1 Å². The summed E-state index contributed by atoms with van der Waals surface area (Å²) in [5, 5.41) is 0. The van der Waals surface area contributed by atoms with Gasteiger partial charge in [-0.3, -0.25) is 13.9 Å². The monoisotopic (exact) mass is 457 g/mol. The summed E-state index contributed by atoms with van der Waals surface area (Å²) in [4.78, 5) is 28.6. The fourth-order valence-electron chi connectivity index (χ4n) is 4.25. The number of amides is 2. The van der Waals surface area contributed by atoms with Gasteiger partial charge in [0, 0.05) is 39.1 Å². The molecule has 0 spiro atoms. The predicted molar refractivity (Wildman–Crippen MR) is 120 cm³/mol. The lowest BCUT2D eigenvalue weighted by Gasteiger charge is -2.35. The summed E-state index contributed by atoms with van der Waals surface area (Å²) >= 11 is 0. The number of anilines is 1. The van der Waals surface area contributed by atoms with Crippen molar-refractivity contribution < 1.29 is 22.7 Å². The minimum absolute atomic E-state index is 0.0538. The molecule has 0 bridgehead atoms. The molecule has 2 amide bonds. The Labute approximate surface area is 188 Å². The van der Waals surface area contributed by atoms with Gasteiger partial charge in [-0.05, 0) is 36.2 Å². The van der Waals surface area contributed by atoms with Crippen LogP contribution >= 0.6 is 0 Å². The van der Waals surface area contributed by atoms with E-state index in [1.54, 1.807) is 15.9 Å². The average Bonchev–Trinajstić information content (AvgIpc) is 3.28. The number of rotatable bonds is 5. The van der Waals surface area contributed by atoms with Gasteiger partial charge in [0.15, 0.2) is 0 Å². The Bertz CT molecular complexity index is 1140. The number of hydrogen-bond donors (Lipinski definition) is 0. The zero-order valence-corrected chi connectivity index (χ0v) is 19.1. The van der Waals surface area contributed by atoms with Crippen LogP contribution in [-0.4, -0.2) is 69.9 Å². The number of nitrogens with zero attached hydrogens (tertiary/aromatic N) is 3. The van der Waals surface area contributed by atoms with Crippen LogP contribution in [0.3, 0.4) is 0 Å². The summed E-state index contributed by atoms with van der Waals surface area (Å²) < 4.78 is 33.6. The molecule has 0 unspecified atom stereocenters. The Kier molecular flexibility index (Phi) is 6.10. The van der Waals surface area contributed by atoms with Crippen LogP contribution in [0, 0.1) is 0 Å². The SMILES string of the molecule is CCC(=O)N1CCN(C(=O)c2cc(S(=O)(=O)N3CCc4ccccc43)ccc2OC)CC1. The van der Waals surface area contributed by atoms with Crippen LogP contribution < -0.4 is 9.04 Å². The standard InChI is InChI=1S/C23H27N3O5S/c1-3-22(27)24-12-14-25(15-13-24)23(28)19-16-18(8-9-21(19)31-2)32(29,30)26-11-10-17-6-4-5-7-20(17)26/h4-9,16H,3,10-15H2,1-2H3. The lowest BCUT2D eigenvalue weighted by Crippen LogP contribution is -2.50. The van der Waals surface area contributed by atoms with Crippen LogP contribution in [0.2, 0.25) is 0 Å². The quantitative estimate of drug-likeness (QED) is 0.687. The molecule has 2 aromatic rings. The van der Waals surface area contributed by atoms with Gasteiger partial charge in [0.1, 0.15) is 5.75 Å². The highest BCUT2D eigenvalue weighted by Gasteiger charge is 2.32. The first kappa shape index (κ1) is 22.1. The van der Waals surface area contributed by atoms with Crippen LogP contribution in [0.5, 0.6) is 5.75 Å². The van der Waals surface area contributed by atoms with E-state index >= 15 is 0 Å². The highest BCUT2D eigenvalue weighted by atomic mass is 32.2. The topological polar surface area (TPSA) is 87.2 Å². The van der Waals surface area contributed by atoms with E-state index in [9.17, 15) is 18.0 Å². The molecule has 0 saturated carbocycles. The third-order valence-corrected chi connectivity index (χ3v) is 7.87. The molecule has 0 radical (unpaired) electrons. The zero-order chi connectivity index (χ0) is 22.9. The summed E-state index contributed by atoms with van der Waals surface area (Å²) in [6, 6.07) is 11.8. The number of hydrogen-bond acceptors (Lipinski definition) is 5. The van der Waals surface area contributed by atoms with E-state index in [-0.39, 0.29) is 22.3 Å². The lowest BCUT2D eigenvalue weighted by atomic mass is 10.1. The second-order valence-electron chi connectivity index (χ2n) is 7.84. The second kappa shape index (κ2) is 8.82. The lowest BCUT2D eigenvalue weighted by molar-refractivity contribution is -0.132. The number of benzene rings is 2. The molecule has 2 heterocycles. The van der Waals surface area contributed by atoms with Crippen molar-refractivity contribution in [3.05, 3.63) is 53.6 Å². The minimum Gasteiger partial charge on any atom is -0.496 e. The Morgan fingerprint density at radius 2 is 1.66 bits per heavy atom. The van der Waals surface area contributed by atoms with Crippen LogP contribution in [0.15, 0.2) is 47.4 Å². The fourth-order valence-corrected chi connectivity index (χ4v) is 5.78. The van der Waals surface area contributed by atoms with Crippen LogP contribution in [-0.2, 0) is 21.2 Å². The molecular formula is C23H27N3O5S. The molecule has 0 aromatic heterocycles. The molecule has 0 atom stereocenters. The Morgan fingerprint density at radius 3 is 2.34 bits per heavy atom. The van der Waals surface area contributed by atoms with Crippen molar-refractivity contribution in [1.29, 1.82) is 0 Å². The van der Waals surface area contributed by atoms with E-state index in [0.29, 0.717) is 57.0 Å². The first-order valence-corrected chi connectivity index (χ1v) is 12.2. The normalized spacial score (nSPS) is 16.1. The van der Waals surface area contributed by atoms with E-state index in [1.807, 2.05) is 25.1 Å². The Balaban J connectivity index is 1.61. The molecule has 1 saturated heterocycles. The third kappa shape index (κ3) is 3.92. The maximum Gasteiger partial charge on any atom is 0.264 e. The summed E-state index contributed by atoms with van der Waals surface area (Å²) in [5.74, 6) is 0.0841. The Hall–Kier alpha value is -3.07. The number of carbonyl (C=O) groups is 2. The third-order valence-electron chi connectivity index (χ3n) is 6.06. The average molecular weight is 458 g/mol. The molecular weight excluding hydrogens is 430 g/mol. The first-order valence-electron chi connectivity index (χ1n) is 10.7. The zero-order valence-electron chi connectivity index (χ0n) is 18.3. The van der Waals surface area contributed by atoms with Crippen molar-refractivity contribution in [2.45, 2.75) is 24.7 Å². The number of methoxy groups -OCH3 is 1. The van der Waals surface area contributed by atoms with Gasteiger partial charge in [-0.15, -0.1) is 0 Å². The van der Waals surface area contributed by atoms with Crippen LogP contribution in [0.1, 0.15) is 29.3 Å². The van der Waals surface area contributed by atoms with Gasteiger partial charge in [0.2, 0.25) is 5.91 Å². The summed E-state index contributed by atoms with van der Waals surface area (Å²) in [6.07, 6.45) is 1.08. The predicted octanol–water partition coefficient (Wildman–Crippen LogP) is 2.14. The Morgan fingerprint density at radius 1 is 0.969 bits per heavy atom. The summed E-state index contributed by atoms with van der Waals surface area (Å²) in [6.45, 7) is 3.89. The number of fused-ring (bicyclic) bond motifs is 1. The minimum atomic E-state index is -3.83. The number of para-hydroxylation sites is 1. The van der Waals surface area contributed by atoms with Gasteiger partial charge in [-0.25, -0.2) is 8.42 Å². The van der Waals surface area contributed by atoms with Gasteiger partial charge < -0.3 is 14.5 Å². The summed E-state index contributed by atoms with van der Waals surface area (Å²) in [5.41, 5.74) is 1.87. The van der Waals surface area contributed by atoms with E-state index in [1.165, 1.54) is 29.6 Å². The number of ether oxygens (including phenoxy) is 1. The summed E-state index contributed by atoms with van der Waals surface area (Å²) in [7, 11) is -2.38. The van der Waals surface area contributed by atoms with Gasteiger partial charge in [-0.2, -0.15) is 0 Å². The van der Waals surface area contributed by atoms with Gasteiger partial charge in [0.05, 0.1) is 23.3 Å². The van der Waals surface area contributed by atoms with Crippen molar-refractivity contribution in [2.24, 2.45) is 0 Å². The van der Waals surface area contributed by atoms with Gasteiger partial charge >= 0.3 is 0 Å². The smallest absolute Gasteiger partial charge is 0.264 e. The van der Waals surface area contributed by atoms with Crippen molar-refractivity contribution in [3.63, 3.8) is 0 Å². The number of carbonyl (C=O) groups excluding carboxylic acids is 2. The van der Waals surface area contributed by atoms with Crippen LogP contribution in [0.25, 0.3) is 0 Å². The van der Waals surface area contributed by atoms with E-state index in [0.717, 1.165) is 5.56 Å². The maximum absolute atomic E-state index is 13.4. The largest absolute Gasteiger partial charge is 0.496 e. The van der Waals surface area contributed by atoms with Crippen molar-refractivity contribution in [1.82, 2.24) is 9.80 Å². The first-order chi connectivity index (χ1) is 15.4. The van der Waals surface area contributed by atoms with Crippen molar-refractivity contribution in [2.75, 3.05) is 44.1 Å². The molecule has 8 nitrogen and oxygen atoms in total. The van der Waals surface area contributed by atoms with Crippen molar-refractivity contribution in [3.8, 4) is 5.75 Å². The fraction of sp³-hybridized carbons (Fsp3) is 0.391. The molecule has 2 aromatic carbocycles. The molecule has 2 aliphatic heterocycles. The van der Waals surface area contributed by atoms with Crippen LogP contribution in [0.4, 0.5) is 5.69 Å². The number of piperazine rings is 1. The molecule has 4 rings (SSSR count). The molecule has 9 heteroatoms. The molecule has 170 valence electrons. The maximum atomic E-state index is 13.4. The van der Waals surface area contributed by atoms with E-state index < -0.39 is 10.0 Å². The molecule has 0 aliphatic carbocycles. The second-order valence-corrected chi connectivity index (χ2v) is 9.71. The highest BCUT2D eigenvalue weighted by Crippen LogP contribution is 2.34. The molecule has 2 aliphatic rings. The van der Waals surface area contributed by atoms with Crippen molar-refractivity contribution >= 4 is 27.5 Å². The molecule has 1 fully saturated rings. The molecule has 0 N–H and O–H groups in total. The number of sulfonamides is 1.